The Hall–Kier alpha value is -0.840. The molecule has 1 heterocycles. The van der Waals surface area contributed by atoms with Crippen LogP contribution < -0.4 is 4.72 Å². The maximum atomic E-state index is 4.19. The van der Waals surface area contributed by atoms with Gasteiger partial charge in [-0.25, -0.2) is 0 Å². The van der Waals surface area contributed by atoms with E-state index in [9.17, 15) is 0 Å². The molecule has 0 fully saturated rings. The Bertz CT molecular complexity index is 462. The molecule has 1 unspecified atom stereocenters. The summed E-state index contributed by atoms with van der Waals surface area (Å²) in [6.07, 6.45) is 3.57. The van der Waals surface area contributed by atoms with E-state index in [1.165, 1.54) is 0 Å². The van der Waals surface area contributed by atoms with Gasteiger partial charge in [0.15, 0.2) is 0 Å². The van der Waals surface area contributed by atoms with Crippen LogP contribution in [-0.4, -0.2) is 4.98 Å². The third-order valence-corrected chi connectivity index (χ3v) is 3.10. The van der Waals surface area contributed by atoms with Gasteiger partial charge in [0.1, 0.15) is 0 Å². The molecular formula is C12H11BrN2S. The van der Waals surface area contributed by atoms with Crippen molar-refractivity contribution >= 4 is 28.7 Å². The van der Waals surface area contributed by atoms with Crippen molar-refractivity contribution in [1.82, 2.24) is 9.71 Å². The Morgan fingerprint density at radius 3 is 2.50 bits per heavy atom. The standard InChI is InChI=1S/C12H11BrN2S/c13-11-3-1-2-10(8-11)12(15-16)9-4-6-14-7-5-9/h1-8,12,15-16H. The van der Waals surface area contributed by atoms with Crippen LogP contribution in [0.5, 0.6) is 0 Å². The molecule has 82 valence electrons. The summed E-state index contributed by atoms with van der Waals surface area (Å²) in [5.74, 6) is 0. The smallest absolute Gasteiger partial charge is 0.0670 e. The zero-order valence-corrected chi connectivity index (χ0v) is 10.9. The molecule has 0 saturated carbocycles. The molecule has 2 rings (SSSR count). The zero-order valence-electron chi connectivity index (χ0n) is 8.47. The third kappa shape index (κ3) is 2.64. The highest BCUT2D eigenvalue weighted by atomic mass is 79.9. The van der Waals surface area contributed by atoms with Crippen LogP contribution in [0.15, 0.2) is 53.3 Å². The number of rotatable bonds is 3. The van der Waals surface area contributed by atoms with Gasteiger partial charge in [0, 0.05) is 16.9 Å². The fourth-order valence-electron chi connectivity index (χ4n) is 1.58. The van der Waals surface area contributed by atoms with E-state index in [2.05, 4.69) is 50.6 Å². The van der Waals surface area contributed by atoms with Crippen molar-refractivity contribution in [3.05, 3.63) is 64.4 Å². The summed E-state index contributed by atoms with van der Waals surface area (Å²) in [7, 11) is 0. The number of benzene rings is 1. The van der Waals surface area contributed by atoms with Gasteiger partial charge in [-0.15, -0.1) is 0 Å². The van der Waals surface area contributed by atoms with Crippen LogP contribution in [0, 0.1) is 0 Å². The molecule has 2 nitrogen and oxygen atoms in total. The van der Waals surface area contributed by atoms with E-state index in [4.69, 9.17) is 0 Å². The lowest BCUT2D eigenvalue weighted by atomic mass is 10.0. The first kappa shape index (κ1) is 11.6. The van der Waals surface area contributed by atoms with Crippen LogP contribution in [0.2, 0.25) is 0 Å². The van der Waals surface area contributed by atoms with Crippen LogP contribution in [-0.2, 0) is 0 Å². The van der Waals surface area contributed by atoms with E-state index in [0.717, 1.165) is 15.6 Å². The van der Waals surface area contributed by atoms with Gasteiger partial charge in [-0.3, -0.25) is 9.71 Å². The molecule has 0 aliphatic carbocycles. The van der Waals surface area contributed by atoms with E-state index >= 15 is 0 Å². The number of nitrogens with zero attached hydrogens (tertiary/aromatic N) is 1. The summed E-state index contributed by atoms with van der Waals surface area (Å²) < 4.78 is 4.07. The number of thiol groups is 1. The van der Waals surface area contributed by atoms with Gasteiger partial charge in [-0.05, 0) is 35.4 Å². The predicted octanol–water partition coefficient (Wildman–Crippen LogP) is 3.37. The molecule has 0 bridgehead atoms. The Labute approximate surface area is 109 Å². The monoisotopic (exact) mass is 294 g/mol. The number of hydrogen-bond acceptors (Lipinski definition) is 3. The highest BCUT2D eigenvalue weighted by molar-refractivity contribution is 9.10. The number of hydrogen-bond donors (Lipinski definition) is 2. The number of nitrogens with one attached hydrogen (secondary N) is 1. The van der Waals surface area contributed by atoms with E-state index in [-0.39, 0.29) is 6.04 Å². The van der Waals surface area contributed by atoms with Crippen LogP contribution in [0.1, 0.15) is 17.2 Å². The van der Waals surface area contributed by atoms with Crippen LogP contribution in [0.3, 0.4) is 0 Å². The number of halogens is 1. The van der Waals surface area contributed by atoms with E-state index in [0.29, 0.717) is 0 Å². The molecule has 2 aromatic rings. The molecular weight excluding hydrogens is 284 g/mol. The Morgan fingerprint density at radius 2 is 1.88 bits per heavy atom. The first-order valence-corrected chi connectivity index (χ1v) is 6.10. The molecule has 1 aromatic heterocycles. The normalized spacial score (nSPS) is 12.4. The van der Waals surface area contributed by atoms with Gasteiger partial charge < -0.3 is 0 Å². The minimum absolute atomic E-state index is 0.0730. The maximum Gasteiger partial charge on any atom is 0.0670 e. The summed E-state index contributed by atoms with van der Waals surface area (Å²) in [5.41, 5.74) is 2.30. The fraction of sp³-hybridized carbons (Fsp3) is 0.0833. The van der Waals surface area contributed by atoms with Crippen molar-refractivity contribution in [2.24, 2.45) is 0 Å². The predicted molar refractivity (Wildman–Crippen MR) is 72.3 cm³/mol. The second-order valence-corrected chi connectivity index (χ2v) is 4.57. The molecule has 1 N–H and O–H groups in total. The molecule has 16 heavy (non-hydrogen) atoms. The minimum Gasteiger partial charge on any atom is -0.265 e. The topological polar surface area (TPSA) is 24.9 Å². The van der Waals surface area contributed by atoms with Crippen molar-refractivity contribution < 1.29 is 0 Å². The average molecular weight is 295 g/mol. The van der Waals surface area contributed by atoms with Gasteiger partial charge in [0.2, 0.25) is 0 Å². The van der Waals surface area contributed by atoms with Gasteiger partial charge in [-0.2, -0.15) is 0 Å². The highest BCUT2D eigenvalue weighted by Gasteiger charge is 2.11. The van der Waals surface area contributed by atoms with E-state index in [1.54, 1.807) is 12.4 Å². The fourth-order valence-corrected chi connectivity index (χ4v) is 2.30. The molecule has 0 aliphatic heterocycles. The van der Waals surface area contributed by atoms with Crippen molar-refractivity contribution in [2.45, 2.75) is 6.04 Å². The molecule has 0 radical (unpaired) electrons. The number of pyridine rings is 1. The first-order valence-electron chi connectivity index (χ1n) is 4.86. The molecule has 0 aliphatic rings. The lowest BCUT2D eigenvalue weighted by Gasteiger charge is -2.16. The second-order valence-electron chi connectivity index (χ2n) is 3.40. The van der Waals surface area contributed by atoms with Crippen molar-refractivity contribution in [3.63, 3.8) is 0 Å². The molecule has 0 saturated heterocycles. The third-order valence-electron chi connectivity index (χ3n) is 2.35. The Balaban J connectivity index is 2.37. The van der Waals surface area contributed by atoms with E-state index < -0.39 is 0 Å². The maximum absolute atomic E-state index is 4.19. The van der Waals surface area contributed by atoms with Gasteiger partial charge >= 0.3 is 0 Å². The number of aromatic nitrogens is 1. The van der Waals surface area contributed by atoms with Gasteiger partial charge in [0.25, 0.3) is 0 Å². The van der Waals surface area contributed by atoms with Gasteiger partial charge in [0.05, 0.1) is 6.04 Å². The van der Waals surface area contributed by atoms with E-state index in [1.807, 2.05) is 24.3 Å². The van der Waals surface area contributed by atoms with Crippen molar-refractivity contribution in [3.8, 4) is 0 Å². The summed E-state index contributed by atoms with van der Waals surface area (Å²) in [6, 6.07) is 12.2. The second kappa shape index (κ2) is 5.48. The molecule has 4 heteroatoms. The Kier molecular flexibility index (Phi) is 3.98. The SMILES string of the molecule is SNC(c1ccncc1)c1cccc(Br)c1. The average Bonchev–Trinajstić information content (AvgIpc) is 2.31. The van der Waals surface area contributed by atoms with Crippen LogP contribution >= 0.6 is 28.7 Å². The summed E-state index contributed by atoms with van der Waals surface area (Å²) in [6.45, 7) is 0. The lowest BCUT2D eigenvalue weighted by molar-refractivity contribution is 0.805. The molecule has 1 atom stereocenters. The molecule has 0 amide bonds. The highest BCUT2D eigenvalue weighted by Crippen LogP contribution is 2.24. The largest absolute Gasteiger partial charge is 0.265 e. The zero-order chi connectivity index (χ0) is 11.4. The summed E-state index contributed by atoms with van der Waals surface area (Å²) in [4.78, 5) is 4.01. The minimum atomic E-state index is 0.0730. The molecule has 0 spiro atoms. The molecule has 1 aromatic carbocycles. The summed E-state index contributed by atoms with van der Waals surface area (Å²) >= 11 is 7.65. The van der Waals surface area contributed by atoms with Crippen molar-refractivity contribution in [2.75, 3.05) is 0 Å². The first-order chi connectivity index (χ1) is 7.81. The Morgan fingerprint density at radius 1 is 1.12 bits per heavy atom. The van der Waals surface area contributed by atoms with Crippen LogP contribution in [0.25, 0.3) is 0 Å². The quantitative estimate of drug-likeness (QED) is 0.849. The lowest BCUT2D eigenvalue weighted by Crippen LogP contribution is -2.12. The van der Waals surface area contributed by atoms with Gasteiger partial charge in [-0.1, -0.05) is 40.9 Å². The summed E-state index contributed by atoms with van der Waals surface area (Å²) in [5, 5.41) is 0. The van der Waals surface area contributed by atoms with Crippen molar-refractivity contribution in [1.29, 1.82) is 0 Å². The van der Waals surface area contributed by atoms with Crippen LogP contribution in [0.4, 0.5) is 0 Å².